The number of aryl methyl sites for hydroxylation is 1. The number of hydrogen-bond acceptors (Lipinski definition) is 7. The van der Waals surface area contributed by atoms with Crippen molar-refractivity contribution < 1.29 is 31.6 Å². The van der Waals surface area contributed by atoms with E-state index in [1.165, 1.54) is 12.1 Å². The normalized spacial score (nSPS) is 15.8. The third-order valence-electron chi connectivity index (χ3n) is 4.66. The molecule has 1 fully saturated rings. The lowest BCUT2D eigenvalue weighted by atomic mass is 10.1. The predicted octanol–water partition coefficient (Wildman–Crippen LogP) is 3.52. The first-order valence-corrected chi connectivity index (χ1v) is 12.1. The van der Waals surface area contributed by atoms with E-state index in [0.717, 1.165) is 18.4 Å². The van der Waals surface area contributed by atoms with Crippen molar-refractivity contribution in [3.8, 4) is 0 Å². The van der Waals surface area contributed by atoms with Gasteiger partial charge in [-0.05, 0) is 59.1 Å². The molecule has 0 spiro atoms. The average molecular weight is 458 g/mol. The van der Waals surface area contributed by atoms with Crippen LogP contribution >= 0.6 is 0 Å². The Balaban J connectivity index is 1.51. The van der Waals surface area contributed by atoms with Gasteiger partial charge < -0.3 is 19.1 Å². The number of likely N-dealkylation sites (tertiary alicyclic amines) is 1. The number of amides is 1. The second-order valence-electron chi connectivity index (χ2n) is 8.59. The summed E-state index contributed by atoms with van der Waals surface area (Å²) in [4.78, 5) is 13.9. The highest BCUT2D eigenvalue weighted by Gasteiger charge is 2.27. The van der Waals surface area contributed by atoms with Crippen LogP contribution in [0.2, 0.25) is 0 Å². The standard InChI is InChI=1S/C22H35NO7S/c1-18-6-8-20(9-7-18)31(25,26)29-15-5-14-27-16-17-28-19-10-12-23(13-11-19)21(24)30-22(2,3)4/h6-9,19H,5,10-17H2,1-4H3. The molecule has 0 aromatic heterocycles. The Hall–Kier alpha value is -1.68. The molecule has 1 aliphatic heterocycles. The highest BCUT2D eigenvalue weighted by molar-refractivity contribution is 7.86. The number of hydrogen-bond donors (Lipinski definition) is 0. The fraction of sp³-hybridized carbons (Fsp3) is 0.682. The van der Waals surface area contributed by atoms with Gasteiger partial charge in [-0.25, -0.2) is 4.79 Å². The Morgan fingerprint density at radius 3 is 2.29 bits per heavy atom. The van der Waals surface area contributed by atoms with Gasteiger partial charge in [0.2, 0.25) is 0 Å². The zero-order valence-electron chi connectivity index (χ0n) is 19.0. The Labute approximate surface area is 185 Å². The highest BCUT2D eigenvalue weighted by Crippen LogP contribution is 2.17. The fourth-order valence-corrected chi connectivity index (χ4v) is 3.95. The van der Waals surface area contributed by atoms with Gasteiger partial charge in [0.15, 0.2) is 0 Å². The summed E-state index contributed by atoms with van der Waals surface area (Å²) < 4.78 is 45.9. The number of piperidine rings is 1. The summed E-state index contributed by atoms with van der Waals surface area (Å²) in [6, 6.07) is 6.55. The van der Waals surface area contributed by atoms with Crippen molar-refractivity contribution in [2.75, 3.05) is 39.5 Å². The molecule has 0 saturated carbocycles. The van der Waals surface area contributed by atoms with E-state index in [1.807, 2.05) is 27.7 Å². The summed E-state index contributed by atoms with van der Waals surface area (Å²) in [6.45, 7) is 10.0. The van der Waals surface area contributed by atoms with Crippen LogP contribution < -0.4 is 0 Å². The maximum absolute atomic E-state index is 12.1. The van der Waals surface area contributed by atoms with Gasteiger partial charge in [-0.1, -0.05) is 17.7 Å². The second kappa shape index (κ2) is 11.8. The first-order chi connectivity index (χ1) is 14.6. The molecule has 1 saturated heterocycles. The zero-order valence-corrected chi connectivity index (χ0v) is 19.8. The fourth-order valence-electron chi connectivity index (χ4n) is 3.01. The van der Waals surface area contributed by atoms with Crippen molar-refractivity contribution in [1.82, 2.24) is 4.90 Å². The minimum Gasteiger partial charge on any atom is -0.444 e. The Kier molecular flexibility index (Phi) is 9.74. The highest BCUT2D eigenvalue weighted by atomic mass is 32.2. The van der Waals surface area contributed by atoms with Crippen LogP contribution in [0.4, 0.5) is 4.79 Å². The molecule has 1 heterocycles. The molecule has 1 amide bonds. The SMILES string of the molecule is Cc1ccc(S(=O)(=O)OCCCOCCOC2CCN(C(=O)OC(C)(C)C)CC2)cc1. The van der Waals surface area contributed by atoms with Crippen LogP contribution in [-0.4, -0.2) is 70.6 Å². The van der Waals surface area contributed by atoms with Crippen molar-refractivity contribution >= 4 is 16.2 Å². The number of carbonyl (C=O) groups excluding carboxylic acids is 1. The van der Waals surface area contributed by atoms with Gasteiger partial charge in [0, 0.05) is 19.7 Å². The molecule has 0 unspecified atom stereocenters. The van der Waals surface area contributed by atoms with Crippen LogP contribution in [0.1, 0.15) is 45.6 Å². The number of ether oxygens (including phenoxy) is 3. The van der Waals surface area contributed by atoms with Gasteiger partial charge >= 0.3 is 6.09 Å². The van der Waals surface area contributed by atoms with Gasteiger partial charge in [0.1, 0.15) is 5.60 Å². The molecule has 176 valence electrons. The maximum Gasteiger partial charge on any atom is 0.410 e. The van der Waals surface area contributed by atoms with E-state index in [0.29, 0.717) is 39.3 Å². The van der Waals surface area contributed by atoms with Gasteiger partial charge in [-0.2, -0.15) is 8.42 Å². The molecule has 0 N–H and O–H groups in total. The summed E-state index contributed by atoms with van der Waals surface area (Å²) in [5, 5.41) is 0. The van der Waals surface area contributed by atoms with E-state index in [4.69, 9.17) is 18.4 Å². The summed E-state index contributed by atoms with van der Waals surface area (Å²) in [6.07, 6.45) is 1.83. The van der Waals surface area contributed by atoms with Crippen molar-refractivity contribution in [2.24, 2.45) is 0 Å². The minimum absolute atomic E-state index is 0.0696. The lowest BCUT2D eigenvalue weighted by Crippen LogP contribution is -2.43. The largest absolute Gasteiger partial charge is 0.444 e. The summed E-state index contributed by atoms with van der Waals surface area (Å²) in [7, 11) is -3.73. The zero-order chi connectivity index (χ0) is 22.9. The van der Waals surface area contributed by atoms with Crippen LogP contribution in [0.15, 0.2) is 29.2 Å². The summed E-state index contributed by atoms with van der Waals surface area (Å²) >= 11 is 0. The molecular formula is C22H35NO7S. The van der Waals surface area contributed by atoms with E-state index in [-0.39, 0.29) is 23.7 Å². The molecule has 0 radical (unpaired) electrons. The first-order valence-electron chi connectivity index (χ1n) is 10.7. The monoisotopic (exact) mass is 457 g/mol. The van der Waals surface area contributed by atoms with Crippen LogP contribution in [0.5, 0.6) is 0 Å². The predicted molar refractivity (Wildman–Crippen MR) is 117 cm³/mol. The topological polar surface area (TPSA) is 91.4 Å². The van der Waals surface area contributed by atoms with Gasteiger partial charge in [-0.15, -0.1) is 0 Å². The summed E-state index contributed by atoms with van der Waals surface area (Å²) in [5.41, 5.74) is 0.501. The van der Waals surface area contributed by atoms with Crippen molar-refractivity contribution in [3.63, 3.8) is 0 Å². The van der Waals surface area contributed by atoms with Crippen LogP contribution in [-0.2, 0) is 28.5 Å². The molecule has 31 heavy (non-hydrogen) atoms. The van der Waals surface area contributed by atoms with E-state index in [1.54, 1.807) is 17.0 Å². The molecule has 1 aromatic rings. The third-order valence-corrected chi connectivity index (χ3v) is 5.98. The Morgan fingerprint density at radius 1 is 1.03 bits per heavy atom. The van der Waals surface area contributed by atoms with Crippen molar-refractivity contribution in [2.45, 2.75) is 63.6 Å². The molecule has 9 heteroatoms. The number of benzene rings is 1. The number of nitrogens with zero attached hydrogens (tertiary/aromatic N) is 1. The molecule has 1 aromatic carbocycles. The van der Waals surface area contributed by atoms with Crippen LogP contribution in [0.3, 0.4) is 0 Å². The Bertz CT molecular complexity index is 779. The van der Waals surface area contributed by atoms with E-state index in [9.17, 15) is 13.2 Å². The second-order valence-corrected chi connectivity index (χ2v) is 10.2. The average Bonchev–Trinajstić information content (AvgIpc) is 2.69. The molecule has 0 atom stereocenters. The van der Waals surface area contributed by atoms with Crippen molar-refractivity contribution in [3.05, 3.63) is 29.8 Å². The van der Waals surface area contributed by atoms with E-state index < -0.39 is 15.7 Å². The number of carbonyl (C=O) groups is 1. The van der Waals surface area contributed by atoms with Crippen molar-refractivity contribution in [1.29, 1.82) is 0 Å². The third kappa shape index (κ3) is 9.55. The lowest BCUT2D eigenvalue weighted by molar-refractivity contribution is -0.0300. The van der Waals surface area contributed by atoms with E-state index >= 15 is 0 Å². The summed E-state index contributed by atoms with van der Waals surface area (Å²) in [5.74, 6) is 0. The molecule has 2 rings (SSSR count). The van der Waals surface area contributed by atoms with Crippen LogP contribution in [0, 0.1) is 6.92 Å². The first kappa shape index (κ1) is 25.6. The smallest absolute Gasteiger partial charge is 0.410 e. The number of rotatable bonds is 10. The molecular weight excluding hydrogens is 422 g/mol. The van der Waals surface area contributed by atoms with E-state index in [2.05, 4.69) is 0 Å². The van der Waals surface area contributed by atoms with Gasteiger partial charge in [0.05, 0.1) is 30.8 Å². The molecule has 0 aliphatic carbocycles. The minimum atomic E-state index is -3.73. The lowest BCUT2D eigenvalue weighted by Gasteiger charge is -2.33. The Morgan fingerprint density at radius 2 is 1.68 bits per heavy atom. The molecule has 8 nitrogen and oxygen atoms in total. The van der Waals surface area contributed by atoms with Crippen LogP contribution in [0.25, 0.3) is 0 Å². The molecule has 0 bridgehead atoms. The quantitative estimate of drug-likeness (QED) is 0.392. The maximum atomic E-state index is 12.1. The van der Waals surface area contributed by atoms with Gasteiger partial charge in [-0.3, -0.25) is 4.18 Å². The van der Waals surface area contributed by atoms with Gasteiger partial charge in [0.25, 0.3) is 10.1 Å². The molecule has 1 aliphatic rings.